The molecule has 3 nitrogen and oxygen atoms in total. The second-order valence-corrected chi connectivity index (χ2v) is 30.3. The summed E-state index contributed by atoms with van der Waals surface area (Å²) in [4.78, 5) is 8.33. The molecule has 0 spiro atoms. The molecule has 0 amide bonds. The Kier molecular flexibility index (Phi) is 10.2. The van der Waals surface area contributed by atoms with Gasteiger partial charge in [-0.25, -0.2) is 0 Å². The lowest BCUT2D eigenvalue weighted by molar-refractivity contribution is 0.195. The molecule has 0 saturated heterocycles. The quantitative estimate of drug-likeness (QED) is 0.163. The maximum Gasteiger partial charge on any atom is 0.252 e. The summed E-state index contributed by atoms with van der Waals surface area (Å²) in [5.74, 6) is 0. The molecule has 0 radical (unpaired) electrons. The Balaban J connectivity index is 1.09. The Morgan fingerprint density at radius 2 is 1.03 bits per heavy atom. The average Bonchev–Trinajstić information content (AvgIpc) is 2.43. The molecule has 7 aromatic rings. The summed E-state index contributed by atoms with van der Waals surface area (Å²) in [5.41, 5.74) is 30.7. The molecule has 0 bridgehead atoms. The highest BCUT2D eigenvalue weighted by molar-refractivity contribution is 7.00. The largest absolute Gasteiger partial charge is 0.335 e. The van der Waals surface area contributed by atoms with Crippen molar-refractivity contribution < 1.29 is 0 Å². The standard InChI is InChI=1S/C74H84BN3/c1-45-38-62-65-63(39-45)78-66-57(73(15)32-19-20-33-74(73,78)16)40-46(67(2,3)4)41-59(66)75(65)58-31-28-49(44-61(58)77(62)60-25-21-23-51-50-22-17-18-24-52(50)72(13,14)64(51)60)76(47-26-29-53-55(42-47)70(9,10)36-34-68(53,5)6)48-27-30-54-56(43-48)71(11,12)37-35-69(54,7)8/h17-18,21-31,38-44H,19-20,32-37H2,1-16H3. The third kappa shape index (κ3) is 6.64. The van der Waals surface area contributed by atoms with Crippen LogP contribution in [0.4, 0.5) is 45.5 Å². The number of hydrogen-bond donors (Lipinski definition) is 0. The maximum atomic E-state index is 2.91. The summed E-state index contributed by atoms with van der Waals surface area (Å²) in [6, 6.07) is 49.7. The molecule has 4 heteroatoms. The highest BCUT2D eigenvalue weighted by atomic mass is 15.3. The van der Waals surface area contributed by atoms with Gasteiger partial charge in [0, 0.05) is 50.6 Å². The van der Waals surface area contributed by atoms with Crippen LogP contribution >= 0.6 is 0 Å². The fourth-order valence-electron chi connectivity index (χ4n) is 17.2. The average molecular weight is 1030 g/mol. The van der Waals surface area contributed by atoms with Gasteiger partial charge in [0.05, 0.1) is 11.2 Å². The van der Waals surface area contributed by atoms with Crippen molar-refractivity contribution in [2.75, 3.05) is 14.7 Å². The summed E-state index contributed by atoms with van der Waals surface area (Å²) in [7, 11) is 0. The van der Waals surface area contributed by atoms with Gasteiger partial charge in [0.25, 0.3) is 6.71 Å². The lowest BCUT2D eigenvalue weighted by atomic mass is 9.33. The Labute approximate surface area is 469 Å². The van der Waals surface area contributed by atoms with Crippen LogP contribution in [-0.2, 0) is 37.9 Å². The van der Waals surface area contributed by atoms with Crippen LogP contribution in [0, 0.1) is 6.92 Å². The topological polar surface area (TPSA) is 9.72 Å². The van der Waals surface area contributed by atoms with Gasteiger partial charge in [-0.1, -0.05) is 177 Å². The van der Waals surface area contributed by atoms with Crippen LogP contribution in [0.5, 0.6) is 0 Å². The summed E-state index contributed by atoms with van der Waals surface area (Å²) in [6.45, 7) is 39.7. The van der Waals surface area contributed by atoms with E-state index in [0.29, 0.717) is 0 Å². The Bertz CT molecular complexity index is 3670. The number of benzene rings is 7. The number of aryl methyl sites for hydroxylation is 1. The van der Waals surface area contributed by atoms with Crippen molar-refractivity contribution in [2.45, 2.75) is 206 Å². The van der Waals surface area contributed by atoms with E-state index in [2.05, 4.69) is 247 Å². The van der Waals surface area contributed by atoms with Crippen LogP contribution in [0.1, 0.15) is 205 Å². The van der Waals surface area contributed by atoms with E-state index in [0.717, 1.165) is 0 Å². The minimum atomic E-state index is -0.226. The lowest BCUT2D eigenvalue weighted by Gasteiger charge is -2.53. The molecular formula is C74H84BN3. The molecule has 78 heavy (non-hydrogen) atoms. The molecule has 0 N–H and O–H groups in total. The zero-order valence-electron chi connectivity index (χ0n) is 50.1. The number of fused-ring (bicyclic) bond motifs is 12. The first-order valence-corrected chi connectivity index (χ1v) is 30.1. The minimum Gasteiger partial charge on any atom is -0.335 e. The predicted octanol–water partition coefficient (Wildman–Crippen LogP) is 18.1. The number of anilines is 8. The normalized spacial score (nSPS) is 23.5. The maximum absolute atomic E-state index is 2.91. The van der Waals surface area contributed by atoms with Crippen LogP contribution in [0.3, 0.4) is 0 Å². The van der Waals surface area contributed by atoms with Crippen molar-refractivity contribution in [1.82, 2.24) is 0 Å². The molecule has 0 aromatic heterocycles. The molecule has 3 aliphatic heterocycles. The van der Waals surface area contributed by atoms with Crippen molar-refractivity contribution >= 4 is 68.6 Å². The van der Waals surface area contributed by atoms with Crippen molar-refractivity contribution in [3.8, 4) is 11.1 Å². The minimum absolute atomic E-state index is 0.0148. The molecule has 3 heterocycles. The first-order valence-electron chi connectivity index (χ1n) is 30.1. The van der Waals surface area contributed by atoms with Crippen LogP contribution in [0.15, 0.2) is 121 Å². The molecule has 4 aliphatic carbocycles. The summed E-state index contributed by atoms with van der Waals surface area (Å²) in [6.07, 6.45) is 9.66. The van der Waals surface area contributed by atoms with E-state index in [9.17, 15) is 0 Å². The first-order chi connectivity index (χ1) is 36.7. The molecule has 2 atom stereocenters. The van der Waals surface area contributed by atoms with E-state index in [-0.39, 0.29) is 50.2 Å². The Morgan fingerprint density at radius 1 is 0.462 bits per heavy atom. The fraction of sp³-hybridized carbons (Fsp3) is 0.432. The van der Waals surface area contributed by atoms with Gasteiger partial charge in [0.15, 0.2) is 0 Å². The number of hydrogen-bond acceptors (Lipinski definition) is 3. The molecule has 1 saturated carbocycles. The van der Waals surface area contributed by atoms with E-state index in [1.54, 1.807) is 5.56 Å². The number of nitrogens with zero attached hydrogens (tertiary/aromatic N) is 3. The second-order valence-electron chi connectivity index (χ2n) is 30.3. The predicted molar refractivity (Wildman–Crippen MR) is 335 cm³/mol. The van der Waals surface area contributed by atoms with Crippen molar-refractivity contribution in [3.63, 3.8) is 0 Å². The van der Waals surface area contributed by atoms with Gasteiger partial charge >= 0.3 is 0 Å². The molecule has 7 aliphatic rings. The van der Waals surface area contributed by atoms with Crippen molar-refractivity contribution in [2.24, 2.45) is 0 Å². The van der Waals surface area contributed by atoms with E-state index in [1.165, 1.54) is 169 Å². The Hall–Kier alpha value is -6.00. The third-order valence-corrected chi connectivity index (χ3v) is 22.3. The molecule has 2 unspecified atom stereocenters. The zero-order chi connectivity index (χ0) is 54.8. The monoisotopic (exact) mass is 1030 g/mol. The first kappa shape index (κ1) is 50.2. The van der Waals surface area contributed by atoms with Gasteiger partial charge < -0.3 is 14.7 Å². The zero-order valence-corrected chi connectivity index (χ0v) is 50.1. The number of rotatable bonds is 4. The summed E-state index contributed by atoms with van der Waals surface area (Å²) >= 11 is 0. The van der Waals surface area contributed by atoms with Crippen LogP contribution < -0.4 is 31.1 Å². The Morgan fingerprint density at radius 3 is 1.67 bits per heavy atom. The smallest absolute Gasteiger partial charge is 0.252 e. The van der Waals surface area contributed by atoms with Gasteiger partial charge in [0.1, 0.15) is 0 Å². The fourth-order valence-corrected chi connectivity index (χ4v) is 17.2. The highest BCUT2D eigenvalue weighted by Crippen LogP contribution is 2.63. The van der Waals surface area contributed by atoms with Gasteiger partial charge in [-0.15, -0.1) is 0 Å². The van der Waals surface area contributed by atoms with Crippen molar-refractivity contribution in [1.29, 1.82) is 0 Å². The SMILES string of the molecule is Cc1cc2c3c(c1)N1c4c(cc(C(C)(C)C)cc4C4(C)CCCCC14C)B3c1ccc(N(c3ccc4c(c3)C(C)(C)CCC4(C)C)c3ccc4c(c3)C(C)(C)CCC4(C)C)cc1N2c1cccc2c1C(C)(C)c1ccccc1-2. The van der Waals surface area contributed by atoms with Gasteiger partial charge in [-0.2, -0.15) is 0 Å². The van der Waals surface area contributed by atoms with E-state index in [1.807, 2.05) is 0 Å². The van der Waals surface area contributed by atoms with Crippen molar-refractivity contribution in [3.05, 3.63) is 171 Å². The lowest BCUT2D eigenvalue weighted by Crippen LogP contribution is -2.64. The van der Waals surface area contributed by atoms with E-state index >= 15 is 0 Å². The molecule has 14 rings (SSSR count). The van der Waals surface area contributed by atoms with E-state index < -0.39 is 0 Å². The van der Waals surface area contributed by atoms with Crippen LogP contribution in [-0.4, -0.2) is 12.3 Å². The van der Waals surface area contributed by atoms with Gasteiger partial charge in [-0.05, 0) is 212 Å². The molecule has 1 fully saturated rings. The molecule has 7 aromatic carbocycles. The van der Waals surface area contributed by atoms with E-state index in [4.69, 9.17) is 0 Å². The van der Waals surface area contributed by atoms with Gasteiger partial charge in [-0.3, -0.25) is 0 Å². The highest BCUT2D eigenvalue weighted by Gasteiger charge is 2.62. The second kappa shape index (κ2) is 15.9. The third-order valence-electron chi connectivity index (χ3n) is 22.3. The van der Waals surface area contributed by atoms with Gasteiger partial charge in [0.2, 0.25) is 0 Å². The van der Waals surface area contributed by atoms with Crippen LogP contribution in [0.25, 0.3) is 11.1 Å². The molecular weight excluding hydrogens is 942 g/mol. The summed E-state index contributed by atoms with van der Waals surface area (Å²) < 4.78 is 0. The molecule has 398 valence electrons. The van der Waals surface area contributed by atoms with Crippen LogP contribution in [0.2, 0.25) is 0 Å². The summed E-state index contributed by atoms with van der Waals surface area (Å²) in [5, 5.41) is 0.